The Bertz CT molecular complexity index is 207. The van der Waals surface area contributed by atoms with E-state index in [1.165, 1.54) is 6.07 Å². The van der Waals surface area contributed by atoms with Gasteiger partial charge in [-0.15, -0.1) is 0 Å². The number of rotatable bonds is 0. The molecule has 0 aromatic heterocycles. The summed E-state index contributed by atoms with van der Waals surface area (Å²) in [7, 11) is 0. The third kappa shape index (κ3) is 2.07. The van der Waals surface area contributed by atoms with Crippen LogP contribution >= 0.6 is 23.2 Å². The van der Waals surface area contributed by atoms with Gasteiger partial charge in [-0.3, -0.25) is 0 Å². The van der Waals surface area contributed by atoms with Gasteiger partial charge >= 0.3 is 0 Å². The maximum absolute atomic E-state index is 8.88. The molecule has 10 heavy (non-hydrogen) atoms. The molecule has 0 spiro atoms. The lowest BCUT2D eigenvalue weighted by Gasteiger charge is -1.95. The molecule has 0 saturated heterocycles. The van der Waals surface area contributed by atoms with Crippen molar-refractivity contribution in [1.29, 1.82) is 0 Å². The molecule has 1 aromatic carbocycles. The van der Waals surface area contributed by atoms with Crippen molar-refractivity contribution >= 4 is 40.6 Å². The summed E-state index contributed by atoms with van der Waals surface area (Å²) in [5, 5.41) is 9.46. The molecule has 0 fully saturated rings. The second-order valence-electron chi connectivity index (χ2n) is 1.57. The van der Waals surface area contributed by atoms with Crippen molar-refractivity contribution < 1.29 is 5.11 Å². The Morgan fingerprint density at radius 1 is 1.20 bits per heavy atom. The molecule has 54 valence electrons. The molecule has 0 unspecified atom stereocenters. The van der Waals surface area contributed by atoms with Crippen molar-refractivity contribution in [2.45, 2.75) is 0 Å². The fraction of sp³-hybridized carbons (Fsp3) is 0. The smallest absolute Gasteiger partial charge is 0.187 e. The van der Waals surface area contributed by atoms with E-state index < -0.39 is 0 Å². The molecule has 1 N–H and O–H groups in total. The normalized spacial score (nSPS) is 8.60. The van der Waals surface area contributed by atoms with Gasteiger partial charge in [-0.2, -0.15) is 0 Å². The fourth-order valence-electron chi connectivity index (χ4n) is 0.492. The van der Waals surface area contributed by atoms with Gasteiger partial charge in [-0.05, 0) is 12.1 Å². The van der Waals surface area contributed by atoms with Gasteiger partial charge < -0.3 is 5.11 Å². The number of phenolic OH excluding ortho intramolecular Hbond substituents is 1. The first-order chi connectivity index (χ1) is 4.22. The Balaban J connectivity index is 0.000000810. The number of phenols is 1. The van der Waals surface area contributed by atoms with Gasteiger partial charge in [0.15, 0.2) is 17.4 Å². The maximum Gasteiger partial charge on any atom is 0.187 e. The molecule has 0 radical (unpaired) electrons. The third-order valence-electron chi connectivity index (χ3n) is 0.931. The van der Waals surface area contributed by atoms with Crippen molar-refractivity contribution in [1.82, 2.24) is 0 Å². The van der Waals surface area contributed by atoms with Crippen molar-refractivity contribution in [3.8, 4) is 5.75 Å². The molecule has 0 heterocycles. The van der Waals surface area contributed by atoms with Crippen LogP contribution in [0.5, 0.6) is 5.75 Å². The second kappa shape index (κ2) is 4.10. The standard InChI is InChI=1S/C6H4Cl2O.Al.3H/c7-4-2-1-3-5(9)6(4)8;;;;/h1-3,9H;;;;. The zero-order valence-corrected chi connectivity index (χ0v) is 5.95. The quantitative estimate of drug-likeness (QED) is 0.619. The van der Waals surface area contributed by atoms with E-state index in [4.69, 9.17) is 28.3 Å². The van der Waals surface area contributed by atoms with Crippen molar-refractivity contribution in [3.63, 3.8) is 0 Å². The largest absolute Gasteiger partial charge is 0.506 e. The molecule has 0 aliphatic carbocycles. The third-order valence-corrected chi connectivity index (χ3v) is 1.74. The molecule has 0 aliphatic rings. The van der Waals surface area contributed by atoms with Crippen LogP contribution in [0.25, 0.3) is 0 Å². The Morgan fingerprint density at radius 3 is 2.20 bits per heavy atom. The van der Waals surface area contributed by atoms with Crippen LogP contribution in [0.4, 0.5) is 0 Å². The van der Waals surface area contributed by atoms with Crippen LogP contribution in [0, 0.1) is 0 Å². The van der Waals surface area contributed by atoms with E-state index in [0.717, 1.165) is 0 Å². The number of hydrogen-bond acceptors (Lipinski definition) is 1. The van der Waals surface area contributed by atoms with Crippen molar-refractivity contribution in [2.75, 3.05) is 0 Å². The molecular weight excluding hydrogens is 186 g/mol. The van der Waals surface area contributed by atoms with Crippen LogP contribution in [0.1, 0.15) is 0 Å². The molecule has 1 nitrogen and oxygen atoms in total. The SMILES string of the molecule is Oc1cccc(Cl)c1Cl.[AlH3]. The highest BCUT2D eigenvalue weighted by Crippen LogP contribution is 2.29. The van der Waals surface area contributed by atoms with Gasteiger partial charge in [0.05, 0.1) is 5.02 Å². The minimum atomic E-state index is 0. The molecule has 0 bridgehead atoms. The molecular formula is C6H7AlCl2O. The van der Waals surface area contributed by atoms with Crippen molar-refractivity contribution in [2.24, 2.45) is 0 Å². The molecule has 4 heteroatoms. The predicted octanol–water partition coefficient (Wildman–Crippen LogP) is 1.52. The Labute approximate surface area is 79.7 Å². The lowest BCUT2D eigenvalue weighted by atomic mass is 10.3. The zero-order valence-electron chi connectivity index (χ0n) is 4.44. The van der Waals surface area contributed by atoms with Crippen LogP contribution in [-0.2, 0) is 0 Å². The zero-order chi connectivity index (χ0) is 6.85. The lowest BCUT2D eigenvalue weighted by molar-refractivity contribution is 0.475. The first-order valence-electron chi connectivity index (χ1n) is 2.35. The summed E-state index contributed by atoms with van der Waals surface area (Å²) in [5.41, 5.74) is 0. The summed E-state index contributed by atoms with van der Waals surface area (Å²) in [6, 6.07) is 4.72. The van der Waals surface area contributed by atoms with Gasteiger partial charge in [0, 0.05) is 0 Å². The average molecular weight is 193 g/mol. The first-order valence-corrected chi connectivity index (χ1v) is 3.10. The van der Waals surface area contributed by atoms with E-state index in [-0.39, 0.29) is 28.1 Å². The number of benzene rings is 1. The van der Waals surface area contributed by atoms with E-state index in [9.17, 15) is 0 Å². The van der Waals surface area contributed by atoms with Crippen LogP contribution in [0.15, 0.2) is 18.2 Å². The summed E-state index contributed by atoms with van der Waals surface area (Å²) in [5.74, 6) is 0.0177. The topological polar surface area (TPSA) is 20.2 Å². The summed E-state index contributed by atoms with van der Waals surface area (Å²) < 4.78 is 0. The molecule has 0 amide bonds. The first kappa shape index (κ1) is 10.1. The van der Waals surface area contributed by atoms with Gasteiger partial charge in [0.1, 0.15) is 10.8 Å². The van der Waals surface area contributed by atoms with E-state index >= 15 is 0 Å². The van der Waals surface area contributed by atoms with E-state index in [1.807, 2.05) is 0 Å². The molecule has 0 aliphatic heterocycles. The van der Waals surface area contributed by atoms with Crippen LogP contribution in [-0.4, -0.2) is 22.5 Å². The fourth-order valence-corrected chi connectivity index (χ4v) is 0.788. The highest BCUT2D eigenvalue weighted by atomic mass is 35.5. The average Bonchev–Trinajstić information content (AvgIpc) is 1.83. The molecule has 0 saturated carbocycles. The highest BCUT2D eigenvalue weighted by Gasteiger charge is 1.99. The molecule has 1 aromatic rings. The minimum absolute atomic E-state index is 0. The summed E-state index contributed by atoms with van der Waals surface area (Å²) in [6.07, 6.45) is 0. The Hall–Kier alpha value is 0.132. The molecule has 0 atom stereocenters. The lowest BCUT2D eigenvalue weighted by Crippen LogP contribution is -1.67. The monoisotopic (exact) mass is 192 g/mol. The van der Waals surface area contributed by atoms with Crippen molar-refractivity contribution in [3.05, 3.63) is 28.2 Å². The van der Waals surface area contributed by atoms with Gasteiger partial charge in [-0.1, -0.05) is 29.3 Å². The predicted molar refractivity (Wildman–Crippen MR) is 48.1 cm³/mol. The molecule has 1 rings (SSSR count). The summed E-state index contributed by atoms with van der Waals surface area (Å²) >= 11 is 11.0. The Kier molecular flexibility index (Phi) is 4.16. The van der Waals surface area contributed by atoms with Crippen LogP contribution in [0.2, 0.25) is 10.0 Å². The summed E-state index contributed by atoms with van der Waals surface area (Å²) in [4.78, 5) is 0. The van der Waals surface area contributed by atoms with E-state index in [1.54, 1.807) is 12.1 Å². The van der Waals surface area contributed by atoms with Gasteiger partial charge in [0.2, 0.25) is 0 Å². The van der Waals surface area contributed by atoms with E-state index in [0.29, 0.717) is 5.02 Å². The number of aromatic hydroxyl groups is 1. The van der Waals surface area contributed by atoms with Gasteiger partial charge in [-0.25, -0.2) is 0 Å². The van der Waals surface area contributed by atoms with Crippen LogP contribution < -0.4 is 0 Å². The highest BCUT2D eigenvalue weighted by molar-refractivity contribution is 6.42. The number of hydrogen-bond donors (Lipinski definition) is 1. The maximum atomic E-state index is 8.88. The van der Waals surface area contributed by atoms with Crippen LogP contribution in [0.3, 0.4) is 0 Å². The second-order valence-corrected chi connectivity index (χ2v) is 2.36. The number of halogens is 2. The summed E-state index contributed by atoms with van der Waals surface area (Å²) in [6.45, 7) is 0. The Morgan fingerprint density at radius 2 is 1.80 bits per heavy atom. The minimum Gasteiger partial charge on any atom is -0.506 e. The van der Waals surface area contributed by atoms with Gasteiger partial charge in [0.25, 0.3) is 0 Å². The van der Waals surface area contributed by atoms with E-state index in [2.05, 4.69) is 0 Å².